The minimum atomic E-state index is -0.190. The van der Waals surface area contributed by atoms with Crippen LogP contribution in [0.3, 0.4) is 0 Å². The molecule has 0 spiro atoms. The minimum Gasteiger partial charge on any atom is -0.298 e. The van der Waals surface area contributed by atoms with E-state index in [-0.39, 0.29) is 5.91 Å². The quantitative estimate of drug-likeness (QED) is 0.554. The molecule has 2 aromatic heterocycles. The summed E-state index contributed by atoms with van der Waals surface area (Å²) in [5, 5.41) is 3.47. The number of carbonyl (C=O) groups excluding carboxylic acids is 1. The van der Waals surface area contributed by atoms with Crippen molar-refractivity contribution in [3.63, 3.8) is 0 Å². The van der Waals surface area contributed by atoms with Crippen LogP contribution in [0.5, 0.6) is 0 Å². The highest BCUT2D eigenvalue weighted by molar-refractivity contribution is 7.98. The normalized spacial score (nSPS) is 11.2. The van der Waals surface area contributed by atoms with E-state index in [4.69, 9.17) is 0 Å². The Hall–Kier alpha value is -2.03. The Balaban J connectivity index is 1.65. The predicted molar refractivity (Wildman–Crippen MR) is 96.8 cm³/mol. The van der Waals surface area contributed by atoms with Crippen LogP contribution in [0.1, 0.15) is 10.4 Å². The maximum atomic E-state index is 12.4. The Morgan fingerprint density at radius 2 is 2.04 bits per heavy atom. The number of thioether (sulfide) groups is 1. The van der Waals surface area contributed by atoms with E-state index in [0.29, 0.717) is 10.7 Å². The summed E-state index contributed by atoms with van der Waals surface area (Å²) in [5.41, 5.74) is 3.02. The highest BCUT2D eigenvalue weighted by atomic mass is 32.2. The number of aromatic nitrogens is 3. The van der Waals surface area contributed by atoms with Crippen molar-refractivity contribution >= 4 is 67.1 Å². The number of fused-ring (bicyclic) bond motifs is 2. The molecule has 0 unspecified atom stereocenters. The second-order valence-electron chi connectivity index (χ2n) is 4.75. The number of hydrogen-bond acceptors (Lipinski definition) is 7. The van der Waals surface area contributed by atoms with Gasteiger partial charge in [-0.2, -0.15) is 8.75 Å². The molecule has 1 amide bonds. The summed E-state index contributed by atoms with van der Waals surface area (Å²) in [4.78, 5) is 18.1. The number of rotatable bonds is 3. The number of nitrogens with one attached hydrogen (secondary N) is 1. The number of carbonyl (C=O) groups is 1. The average molecular weight is 358 g/mol. The van der Waals surface area contributed by atoms with Gasteiger partial charge in [0.2, 0.25) is 0 Å². The van der Waals surface area contributed by atoms with Gasteiger partial charge >= 0.3 is 0 Å². The van der Waals surface area contributed by atoms with E-state index in [0.717, 1.165) is 37.9 Å². The number of thiazole rings is 1. The van der Waals surface area contributed by atoms with Gasteiger partial charge in [0.15, 0.2) is 5.13 Å². The lowest BCUT2D eigenvalue weighted by Gasteiger charge is -2.01. The fourth-order valence-corrected chi connectivity index (χ4v) is 4.27. The molecule has 0 aliphatic rings. The lowest BCUT2D eigenvalue weighted by atomic mass is 10.2. The summed E-state index contributed by atoms with van der Waals surface area (Å²) in [6.07, 6.45) is 2.02. The Bertz CT molecular complexity index is 1020. The molecule has 23 heavy (non-hydrogen) atoms. The first-order chi connectivity index (χ1) is 11.2. The maximum absolute atomic E-state index is 12.4. The van der Waals surface area contributed by atoms with Crippen molar-refractivity contribution in [2.75, 3.05) is 11.6 Å². The molecule has 2 heterocycles. The van der Waals surface area contributed by atoms with Crippen LogP contribution in [-0.2, 0) is 0 Å². The molecule has 1 N–H and O–H groups in total. The molecule has 4 aromatic rings. The van der Waals surface area contributed by atoms with Gasteiger partial charge in [0, 0.05) is 10.5 Å². The molecule has 8 heteroatoms. The Morgan fingerprint density at radius 1 is 1.17 bits per heavy atom. The molecule has 0 bridgehead atoms. The first-order valence-corrected chi connectivity index (χ1v) is 9.49. The van der Waals surface area contributed by atoms with Crippen molar-refractivity contribution in [3.05, 3.63) is 42.0 Å². The third kappa shape index (κ3) is 2.69. The van der Waals surface area contributed by atoms with Crippen molar-refractivity contribution in [2.45, 2.75) is 4.90 Å². The summed E-state index contributed by atoms with van der Waals surface area (Å²) >= 11 is 4.26. The first kappa shape index (κ1) is 14.6. The van der Waals surface area contributed by atoms with Crippen LogP contribution in [-0.4, -0.2) is 25.9 Å². The molecule has 0 saturated heterocycles. The van der Waals surface area contributed by atoms with E-state index in [1.807, 2.05) is 24.5 Å². The number of nitrogens with zero attached hydrogens (tertiary/aromatic N) is 3. The first-order valence-electron chi connectivity index (χ1n) is 6.72. The molecule has 0 saturated carbocycles. The molecule has 5 nitrogen and oxygen atoms in total. The van der Waals surface area contributed by atoms with E-state index in [9.17, 15) is 4.79 Å². The number of hydrogen-bond donors (Lipinski definition) is 1. The van der Waals surface area contributed by atoms with Gasteiger partial charge in [-0.3, -0.25) is 10.1 Å². The van der Waals surface area contributed by atoms with Crippen LogP contribution in [0.15, 0.2) is 41.3 Å². The highest BCUT2D eigenvalue weighted by Gasteiger charge is 2.12. The van der Waals surface area contributed by atoms with Gasteiger partial charge in [0.1, 0.15) is 11.0 Å². The average Bonchev–Trinajstić information content (AvgIpc) is 3.19. The molecule has 0 aliphatic heterocycles. The third-order valence-electron chi connectivity index (χ3n) is 3.34. The standard InChI is InChI=1S/C15H10N4OS3/c1-21-11-3-2-4-12-13(11)16-15(22-12)17-14(20)8-5-6-9-10(7-8)19-23-18-9/h2-7H,1H3,(H,16,17,20). The van der Waals surface area contributed by atoms with E-state index in [2.05, 4.69) is 19.0 Å². The van der Waals surface area contributed by atoms with E-state index in [1.54, 1.807) is 30.0 Å². The van der Waals surface area contributed by atoms with Crippen LogP contribution < -0.4 is 5.32 Å². The van der Waals surface area contributed by atoms with E-state index < -0.39 is 0 Å². The molecule has 114 valence electrons. The van der Waals surface area contributed by atoms with Gasteiger partial charge < -0.3 is 0 Å². The van der Waals surface area contributed by atoms with Crippen LogP contribution in [0.4, 0.5) is 5.13 Å². The van der Waals surface area contributed by atoms with Gasteiger partial charge in [0.05, 0.1) is 21.9 Å². The van der Waals surface area contributed by atoms with Crippen molar-refractivity contribution in [1.29, 1.82) is 0 Å². The van der Waals surface area contributed by atoms with Crippen molar-refractivity contribution < 1.29 is 4.79 Å². The molecule has 4 rings (SSSR count). The lowest BCUT2D eigenvalue weighted by molar-refractivity contribution is 0.102. The maximum Gasteiger partial charge on any atom is 0.257 e. The smallest absolute Gasteiger partial charge is 0.257 e. The van der Waals surface area contributed by atoms with Gasteiger partial charge in [0.25, 0.3) is 5.91 Å². The SMILES string of the molecule is CSc1cccc2sc(NC(=O)c3ccc4nsnc4c3)nc12. The number of amides is 1. The summed E-state index contributed by atoms with van der Waals surface area (Å²) in [5.74, 6) is -0.190. The fourth-order valence-electron chi connectivity index (χ4n) is 2.23. The molecule has 0 atom stereocenters. The second-order valence-corrected chi connectivity index (χ2v) is 7.16. The van der Waals surface area contributed by atoms with Crippen molar-refractivity contribution in [2.24, 2.45) is 0 Å². The zero-order valence-electron chi connectivity index (χ0n) is 11.9. The van der Waals surface area contributed by atoms with Crippen LogP contribution in [0.2, 0.25) is 0 Å². The number of para-hydroxylation sites is 1. The molecule has 0 fully saturated rings. The zero-order valence-corrected chi connectivity index (χ0v) is 14.4. The topological polar surface area (TPSA) is 67.8 Å². The summed E-state index contributed by atoms with van der Waals surface area (Å²) in [7, 11) is 0. The predicted octanol–water partition coefficient (Wildman–Crippen LogP) is 4.28. The highest BCUT2D eigenvalue weighted by Crippen LogP contribution is 2.32. The van der Waals surface area contributed by atoms with Gasteiger partial charge in [-0.25, -0.2) is 4.98 Å². The Morgan fingerprint density at radius 3 is 2.91 bits per heavy atom. The third-order valence-corrected chi connectivity index (χ3v) is 5.60. The zero-order chi connectivity index (χ0) is 15.8. The Kier molecular flexibility index (Phi) is 3.72. The lowest BCUT2D eigenvalue weighted by Crippen LogP contribution is -2.11. The van der Waals surface area contributed by atoms with Crippen molar-refractivity contribution in [3.8, 4) is 0 Å². The van der Waals surface area contributed by atoms with Gasteiger partial charge in [-0.05, 0) is 36.6 Å². The molecule has 2 aromatic carbocycles. The van der Waals surface area contributed by atoms with Crippen molar-refractivity contribution in [1.82, 2.24) is 13.7 Å². The second kappa shape index (κ2) is 5.88. The molecular formula is C15H10N4OS3. The van der Waals surface area contributed by atoms with E-state index in [1.165, 1.54) is 11.3 Å². The minimum absolute atomic E-state index is 0.190. The largest absolute Gasteiger partial charge is 0.298 e. The van der Waals surface area contributed by atoms with Gasteiger partial charge in [-0.15, -0.1) is 11.8 Å². The van der Waals surface area contributed by atoms with Crippen LogP contribution >= 0.6 is 34.8 Å². The summed E-state index contributed by atoms with van der Waals surface area (Å²) in [6.45, 7) is 0. The summed E-state index contributed by atoms with van der Waals surface area (Å²) < 4.78 is 9.36. The monoisotopic (exact) mass is 358 g/mol. The van der Waals surface area contributed by atoms with Crippen LogP contribution in [0.25, 0.3) is 21.3 Å². The van der Waals surface area contributed by atoms with Gasteiger partial charge in [-0.1, -0.05) is 17.4 Å². The summed E-state index contributed by atoms with van der Waals surface area (Å²) in [6, 6.07) is 11.3. The Labute approximate surface area is 144 Å². The molecule has 0 aliphatic carbocycles. The molecule has 0 radical (unpaired) electrons. The number of benzene rings is 2. The van der Waals surface area contributed by atoms with E-state index >= 15 is 0 Å². The molecular weight excluding hydrogens is 348 g/mol. The van der Waals surface area contributed by atoms with Crippen LogP contribution in [0, 0.1) is 0 Å². The number of anilines is 1. The fraction of sp³-hybridized carbons (Fsp3) is 0.0667.